The fourth-order valence-corrected chi connectivity index (χ4v) is 3.52. The maximum absolute atomic E-state index is 4.75. The maximum atomic E-state index is 4.75. The van der Waals surface area contributed by atoms with Crippen molar-refractivity contribution in [2.75, 3.05) is 0 Å². The van der Waals surface area contributed by atoms with Gasteiger partial charge in [0.1, 0.15) is 22.4 Å². The van der Waals surface area contributed by atoms with Crippen molar-refractivity contribution in [2.45, 2.75) is 0 Å². The second-order valence-corrected chi connectivity index (χ2v) is 6.91. The van der Waals surface area contributed by atoms with Crippen molar-refractivity contribution < 1.29 is 0 Å². The van der Waals surface area contributed by atoms with Crippen molar-refractivity contribution in [1.29, 1.82) is 0 Å². The summed E-state index contributed by atoms with van der Waals surface area (Å²) >= 11 is 0. The van der Waals surface area contributed by atoms with Gasteiger partial charge in [-0.25, -0.2) is 19.9 Å². The number of nitrogens with zero attached hydrogens (tertiary/aromatic N) is 6. The van der Waals surface area contributed by atoms with Crippen LogP contribution in [0.5, 0.6) is 0 Å². The normalized spacial score (nSPS) is 11.9. The summed E-state index contributed by atoms with van der Waals surface area (Å²) in [6.07, 6.45) is 0. The predicted molar refractivity (Wildman–Crippen MR) is 118 cm³/mol. The van der Waals surface area contributed by atoms with Crippen LogP contribution in [0.3, 0.4) is 0 Å². The van der Waals surface area contributed by atoms with Gasteiger partial charge >= 0.3 is 0 Å². The van der Waals surface area contributed by atoms with E-state index in [0.29, 0.717) is 11.4 Å². The Bertz CT molecular complexity index is 1490. The molecule has 140 valence electrons. The summed E-state index contributed by atoms with van der Waals surface area (Å²) in [6.45, 7) is 0. The third kappa shape index (κ3) is 2.74. The van der Waals surface area contributed by atoms with Gasteiger partial charge < -0.3 is 0 Å². The average molecular weight is 386 g/mol. The summed E-state index contributed by atoms with van der Waals surface area (Å²) in [4.78, 5) is 18.9. The maximum Gasteiger partial charge on any atom is 0.117 e. The number of hydrogen-bond acceptors (Lipinski definition) is 6. The van der Waals surface area contributed by atoms with Gasteiger partial charge in [0.2, 0.25) is 0 Å². The zero-order chi connectivity index (χ0) is 19.9. The lowest BCUT2D eigenvalue weighted by molar-refractivity contribution is 1.23. The Labute approximate surface area is 171 Å². The molecule has 0 bridgehead atoms. The molecule has 0 aliphatic heterocycles. The topological polar surface area (TPSA) is 76.3 Å². The number of hydrogen-bond donors (Lipinski definition) is 0. The summed E-state index contributed by atoms with van der Waals surface area (Å²) in [5, 5.41) is 8.99. The molecular weight excluding hydrogens is 372 g/mol. The largest absolute Gasteiger partial charge is 0.244 e. The Morgan fingerprint density at radius 1 is 0.367 bits per heavy atom. The van der Waals surface area contributed by atoms with E-state index in [0.717, 1.165) is 44.1 Å². The molecule has 6 rings (SSSR count). The van der Waals surface area contributed by atoms with Gasteiger partial charge in [-0.3, -0.25) is 0 Å². The van der Waals surface area contributed by atoms with E-state index in [9.17, 15) is 0 Å². The summed E-state index contributed by atoms with van der Waals surface area (Å²) in [7, 11) is 0. The third-order valence-electron chi connectivity index (χ3n) is 4.96. The molecule has 0 spiro atoms. The van der Waals surface area contributed by atoms with E-state index in [4.69, 9.17) is 19.9 Å². The zero-order valence-corrected chi connectivity index (χ0v) is 15.8. The third-order valence-corrected chi connectivity index (χ3v) is 4.96. The molecule has 2 aromatic heterocycles. The minimum Gasteiger partial charge on any atom is -0.244 e. The first-order valence-corrected chi connectivity index (χ1v) is 9.58. The molecule has 2 heterocycles. The van der Waals surface area contributed by atoms with Crippen LogP contribution in [0.4, 0.5) is 11.4 Å². The van der Waals surface area contributed by atoms with Crippen LogP contribution in [0.2, 0.25) is 0 Å². The Morgan fingerprint density at radius 2 is 0.733 bits per heavy atom. The lowest BCUT2D eigenvalue weighted by atomic mass is 10.2. The average Bonchev–Trinajstić information content (AvgIpc) is 2.80. The van der Waals surface area contributed by atoms with Crippen molar-refractivity contribution in [3.8, 4) is 0 Å². The summed E-state index contributed by atoms with van der Waals surface area (Å²) in [5.41, 5.74) is 7.71. The van der Waals surface area contributed by atoms with Gasteiger partial charge in [-0.2, -0.15) is 0 Å². The van der Waals surface area contributed by atoms with E-state index in [1.54, 1.807) is 0 Å². The Balaban J connectivity index is 1.51. The molecule has 0 amide bonds. The van der Waals surface area contributed by atoms with Crippen LogP contribution in [-0.2, 0) is 0 Å². The monoisotopic (exact) mass is 386 g/mol. The van der Waals surface area contributed by atoms with Crippen LogP contribution in [0.25, 0.3) is 44.1 Å². The molecule has 6 nitrogen and oxygen atoms in total. The summed E-state index contributed by atoms with van der Waals surface area (Å²) in [5.74, 6) is 0. The van der Waals surface area contributed by atoms with Crippen LogP contribution in [0.1, 0.15) is 0 Å². The Morgan fingerprint density at radius 3 is 1.17 bits per heavy atom. The van der Waals surface area contributed by atoms with Gasteiger partial charge in [0.05, 0.1) is 33.1 Å². The molecule has 0 unspecified atom stereocenters. The molecule has 0 fully saturated rings. The van der Waals surface area contributed by atoms with Crippen LogP contribution in [0, 0.1) is 0 Å². The van der Waals surface area contributed by atoms with Gasteiger partial charge in [0, 0.05) is 0 Å². The van der Waals surface area contributed by atoms with E-state index in [2.05, 4.69) is 10.2 Å². The first kappa shape index (κ1) is 16.6. The van der Waals surface area contributed by atoms with E-state index >= 15 is 0 Å². The lowest BCUT2D eigenvalue weighted by Gasteiger charge is -2.04. The molecule has 4 aromatic carbocycles. The molecule has 0 saturated heterocycles. The van der Waals surface area contributed by atoms with Crippen LogP contribution < -0.4 is 0 Å². The summed E-state index contributed by atoms with van der Waals surface area (Å²) < 4.78 is 0. The Kier molecular flexibility index (Phi) is 3.67. The fraction of sp³-hybridized carbons (Fsp3) is 0. The SMILES string of the molecule is c1ccc2nc3c(N=Nc4cccc5nc6ccccc6nc45)cccc3nc2c1. The molecule has 6 aromatic rings. The molecule has 30 heavy (non-hydrogen) atoms. The highest BCUT2D eigenvalue weighted by Gasteiger charge is 2.08. The van der Waals surface area contributed by atoms with Gasteiger partial charge in [-0.1, -0.05) is 36.4 Å². The molecule has 0 aliphatic rings. The predicted octanol–water partition coefficient (Wildman–Crippen LogP) is 6.29. The first-order chi connectivity index (χ1) is 14.8. The zero-order valence-electron chi connectivity index (χ0n) is 15.8. The molecule has 6 heteroatoms. The first-order valence-electron chi connectivity index (χ1n) is 9.58. The highest BCUT2D eigenvalue weighted by atomic mass is 15.1. The lowest BCUT2D eigenvalue weighted by Crippen LogP contribution is -1.88. The fourth-order valence-electron chi connectivity index (χ4n) is 3.52. The van der Waals surface area contributed by atoms with E-state index in [1.807, 2.05) is 84.9 Å². The number of fused-ring (bicyclic) bond motifs is 4. The van der Waals surface area contributed by atoms with Crippen LogP contribution in [0.15, 0.2) is 95.2 Å². The molecule has 0 N–H and O–H groups in total. The highest BCUT2D eigenvalue weighted by molar-refractivity contribution is 5.94. The van der Waals surface area contributed by atoms with Crippen molar-refractivity contribution in [1.82, 2.24) is 19.9 Å². The van der Waals surface area contributed by atoms with Crippen molar-refractivity contribution in [2.24, 2.45) is 10.2 Å². The second kappa shape index (κ2) is 6.63. The number of para-hydroxylation sites is 6. The molecular formula is C24H14N6. The van der Waals surface area contributed by atoms with Gasteiger partial charge in [0.15, 0.2) is 0 Å². The van der Waals surface area contributed by atoms with Gasteiger partial charge in [-0.05, 0) is 48.5 Å². The van der Waals surface area contributed by atoms with Crippen LogP contribution >= 0.6 is 0 Å². The number of benzene rings is 4. The molecule has 0 radical (unpaired) electrons. The van der Waals surface area contributed by atoms with E-state index in [1.165, 1.54) is 0 Å². The van der Waals surface area contributed by atoms with Crippen molar-refractivity contribution in [3.63, 3.8) is 0 Å². The van der Waals surface area contributed by atoms with Gasteiger partial charge in [-0.15, -0.1) is 10.2 Å². The minimum absolute atomic E-state index is 0.663. The number of azo groups is 1. The van der Waals surface area contributed by atoms with Gasteiger partial charge in [0.25, 0.3) is 0 Å². The van der Waals surface area contributed by atoms with E-state index < -0.39 is 0 Å². The number of aromatic nitrogens is 4. The summed E-state index contributed by atoms with van der Waals surface area (Å²) in [6, 6.07) is 27.1. The van der Waals surface area contributed by atoms with Crippen LogP contribution in [-0.4, -0.2) is 19.9 Å². The smallest absolute Gasteiger partial charge is 0.117 e. The highest BCUT2D eigenvalue weighted by Crippen LogP contribution is 2.30. The van der Waals surface area contributed by atoms with Crippen molar-refractivity contribution >= 4 is 55.5 Å². The molecule has 0 atom stereocenters. The molecule has 0 aliphatic carbocycles. The molecule has 0 saturated carbocycles. The number of rotatable bonds is 2. The Hall–Kier alpha value is -4.32. The quantitative estimate of drug-likeness (QED) is 0.259. The van der Waals surface area contributed by atoms with Crippen molar-refractivity contribution in [3.05, 3.63) is 84.9 Å². The second-order valence-electron chi connectivity index (χ2n) is 6.91. The standard InChI is InChI=1S/C24H14N6/c1-3-9-17-15(7-1)25-19-11-5-13-21(23(19)27-17)29-30-22-14-6-12-20-24(22)28-18-10-4-2-8-16(18)26-20/h1-14H. The minimum atomic E-state index is 0.663. The van der Waals surface area contributed by atoms with E-state index in [-0.39, 0.29) is 0 Å².